The molecule has 19 heavy (non-hydrogen) atoms. The quantitative estimate of drug-likeness (QED) is 0.693. The Balaban J connectivity index is 2.54. The lowest BCUT2D eigenvalue weighted by atomic mass is 10.1. The molecule has 0 spiro atoms. The number of hydrogen-bond donors (Lipinski definition) is 1. The molecule has 2 aromatic rings. The monoisotopic (exact) mass is 296 g/mol. The van der Waals surface area contributed by atoms with Crippen molar-refractivity contribution >= 4 is 21.1 Å². The van der Waals surface area contributed by atoms with Gasteiger partial charge in [-0.1, -0.05) is 0 Å². The average molecular weight is 296 g/mol. The van der Waals surface area contributed by atoms with Gasteiger partial charge in [0.05, 0.1) is 18.3 Å². The van der Waals surface area contributed by atoms with Gasteiger partial charge in [0.2, 0.25) is 0 Å². The van der Waals surface area contributed by atoms with E-state index in [2.05, 4.69) is 4.18 Å². The number of furan rings is 1. The van der Waals surface area contributed by atoms with Gasteiger partial charge in [0.25, 0.3) is 0 Å². The molecule has 0 saturated carbocycles. The summed E-state index contributed by atoms with van der Waals surface area (Å²) in [6.07, 6.45) is 1.17. The van der Waals surface area contributed by atoms with Gasteiger partial charge in [0.15, 0.2) is 5.75 Å². The van der Waals surface area contributed by atoms with Crippen molar-refractivity contribution in [3.63, 3.8) is 0 Å². The summed E-state index contributed by atoms with van der Waals surface area (Å²) in [7, 11) is -5.77. The highest BCUT2D eigenvalue weighted by atomic mass is 32.2. The lowest BCUT2D eigenvalue weighted by Crippen LogP contribution is -2.28. The molecular formula is C10H7F3O5S. The fraction of sp³-hybridized carbons (Fsp3) is 0.200. The maximum absolute atomic E-state index is 12.2. The van der Waals surface area contributed by atoms with E-state index in [1.165, 1.54) is 18.4 Å². The number of alkyl halides is 3. The van der Waals surface area contributed by atoms with E-state index in [1.54, 1.807) is 0 Å². The highest BCUT2D eigenvalue weighted by Crippen LogP contribution is 2.33. The van der Waals surface area contributed by atoms with Crippen molar-refractivity contribution in [3.8, 4) is 5.75 Å². The van der Waals surface area contributed by atoms with Crippen LogP contribution in [0.25, 0.3) is 11.0 Å². The van der Waals surface area contributed by atoms with E-state index in [4.69, 9.17) is 9.52 Å². The first-order valence-corrected chi connectivity index (χ1v) is 6.27. The maximum atomic E-state index is 12.2. The van der Waals surface area contributed by atoms with Crippen molar-refractivity contribution < 1.29 is 35.3 Å². The molecule has 0 saturated heterocycles. The lowest BCUT2D eigenvalue weighted by Gasteiger charge is -2.10. The fourth-order valence-corrected chi connectivity index (χ4v) is 1.89. The Morgan fingerprint density at radius 1 is 1.32 bits per heavy atom. The molecule has 1 N–H and O–H groups in total. The molecule has 1 heterocycles. The molecule has 0 amide bonds. The second kappa shape index (κ2) is 4.42. The van der Waals surface area contributed by atoms with E-state index in [0.717, 1.165) is 6.07 Å². The molecule has 0 radical (unpaired) electrons. The Morgan fingerprint density at radius 2 is 2.00 bits per heavy atom. The second-order valence-corrected chi connectivity index (χ2v) is 5.11. The maximum Gasteiger partial charge on any atom is 0.534 e. The normalized spacial score (nSPS) is 12.8. The summed E-state index contributed by atoms with van der Waals surface area (Å²) in [5.74, 6) is -0.548. The number of halogens is 3. The molecule has 104 valence electrons. The predicted molar refractivity (Wildman–Crippen MR) is 57.7 cm³/mol. The molecule has 0 aliphatic heterocycles. The molecule has 0 aliphatic carbocycles. The minimum atomic E-state index is -5.77. The van der Waals surface area contributed by atoms with E-state index >= 15 is 0 Å². The Morgan fingerprint density at radius 3 is 2.58 bits per heavy atom. The Labute approximate surface area is 105 Å². The van der Waals surface area contributed by atoms with Gasteiger partial charge in [-0.3, -0.25) is 0 Å². The van der Waals surface area contributed by atoms with Crippen LogP contribution >= 0.6 is 0 Å². The summed E-state index contributed by atoms with van der Waals surface area (Å²) < 4.78 is 67.6. The molecule has 1 aromatic carbocycles. The molecule has 0 fully saturated rings. The van der Waals surface area contributed by atoms with Crippen LogP contribution in [0, 0.1) is 0 Å². The molecule has 2 rings (SSSR count). The van der Waals surface area contributed by atoms with Gasteiger partial charge in [-0.25, -0.2) is 0 Å². The van der Waals surface area contributed by atoms with E-state index in [1.807, 2.05) is 0 Å². The van der Waals surface area contributed by atoms with Crippen LogP contribution in [0.15, 0.2) is 28.9 Å². The average Bonchev–Trinajstić information content (AvgIpc) is 2.75. The van der Waals surface area contributed by atoms with Crippen LogP contribution in [-0.4, -0.2) is 19.0 Å². The molecule has 1 aromatic heterocycles. The molecule has 0 atom stereocenters. The molecular weight excluding hydrogens is 289 g/mol. The summed E-state index contributed by atoms with van der Waals surface area (Å²) in [5.41, 5.74) is -5.26. The molecule has 0 unspecified atom stereocenters. The van der Waals surface area contributed by atoms with Crippen molar-refractivity contribution in [2.24, 2.45) is 0 Å². The van der Waals surface area contributed by atoms with Crippen LogP contribution in [0.3, 0.4) is 0 Å². The van der Waals surface area contributed by atoms with Crippen molar-refractivity contribution in [2.45, 2.75) is 12.1 Å². The van der Waals surface area contributed by atoms with Crippen LogP contribution in [-0.2, 0) is 16.7 Å². The highest BCUT2D eigenvalue weighted by molar-refractivity contribution is 7.88. The highest BCUT2D eigenvalue weighted by Gasteiger charge is 2.48. The number of aliphatic hydroxyl groups excluding tert-OH is 1. The topological polar surface area (TPSA) is 76.7 Å². The first-order chi connectivity index (χ1) is 8.74. The Kier molecular flexibility index (Phi) is 3.19. The van der Waals surface area contributed by atoms with E-state index in [0.29, 0.717) is 0 Å². The number of benzene rings is 1. The first kappa shape index (κ1) is 13.7. The zero-order valence-electron chi connectivity index (χ0n) is 9.14. The molecule has 0 aliphatic rings. The van der Waals surface area contributed by atoms with Crippen molar-refractivity contribution in [1.82, 2.24) is 0 Å². The van der Waals surface area contributed by atoms with E-state index < -0.39 is 28.0 Å². The summed E-state index contributed by atoms with van der Waals surface area (Å²) in [5, 5.41) is 9.01. The molecule has 9 heteroatoms. The Hall–Kier alpha value is -1.74. The van der Waals surface area contributed by atoms with Gasteiger partial charge in [-0.15, -0.1) is 0 Å². The van der Waals surface area contributed by atoms with Gasteiger partial charge in [-0.2, -0.15) is 21.6 Å². The summed E-state index contributed by atoms with van der Waals surface area (Å²) in [4.78, 5) is 0. The predicted octanol–water partition coefficient (Wildman–Crippen LogP) is 2.15. The van der Waals surface area contributed by atoms with Crippen molar-refractivity contribution in [1.29, 1.82) is 0 Å². The SMILES string of the molecule is O=S(=O)(Oc1cc(CO)cc2occc12)C(F)(F)F. The van der Waals surface area contributed by atoms with Crippen molar-refractivity contribution in [3.05, 3.63) is 30.0 Å². The standard InChI is InChI=1S/C10H7F3O5S/c11-10(12,13)19(15,16)18-9-4-6(5-14)3-8-7(9)1-2-17-8/h1-4,14H,5H2. The first-order valence-electron chi connectivity index (χ1n) is 4.86. The second-order valence-electron chi connectivity index (χ2n) is 3.57. The largest absolute Gasteiger partial charge is 0.534 e. The molecule has 0 bridgehead atoms. The van der Waals surface area contributed by atoms with Gasteiger partial charge in [0.1, 0.15) is 5.58 Å². The zero-order chi connectivity index (χ0) is 14.3. The van der Waals surface area contributed by atoms with Crippen LogP contribution in [0.5, 0.6) is 5.75 Å². The minimum Gasteiger partial charge on any atom is -0.464 e. The van der Waals surface area contributed by atoms with Gasteiger partial charge >= 0.3 is 15.6 Å². The summed E-state index contributed by atoms with van der Waals surface area (Å²) in [6.45, 7) is -0.501. The minimum absolute atomic E-state index is 0.0602. The van der Waals surface area contributed by atoms with Crippen LogP contribution in [0.2, 0.25) is 0 Å². The zero-order valence-corrected chi connectivity index (χ0v) is 9.96. The van der Waals surface area contributed by atoms with Crippen molar-refractivity contribution in [2.75, 3.05) is 0 Å². The number of hydrogen-bond acceptors (Lipinski definition) is 5. The smallest absolute Gasteiger partial charge is 0.464 e. The van der Waals surface area contributed by atoms with Gasteiger partial charge in [0, 0.05) is 0 Å². The van der Waals surface area contributed by atoms with E-state index in [-0.39, 0.29) is 16.5 Å². The number of fused-ring (bicyclic) bond motifs is 1. The fourth-order valence-electron chi connectivity index (χ4n) is 1.42. The number of rotatable bonds is 3. The third-order valence-electron chi connectivity index (χ3n) is 2.26. The van der Waals surface area contributed by atoms with Crippen LogP contribution in [0.1, 0.15) is 5.56 Å². The number of aliphatic hydroxyl groups is 1. The molecule has 5 nitrogen and oxygen atoms in total. The third-order valence-corrected chi connectivity index (χ3v) is 3.23. The van der Waals surface area contributed by atoms with Crippen LogP contribution in [0.4, 0.5) is 13.2 Å². The summed E-state index contributed by atoms with van der Waals surface area (Å²) in [6, 6.07) is 3.63. The van der Waals surface area contributed by atoms with Gasteiger partial charge in [-0.05, 0) is 23.8 Å². The van der Waals surface area contributed by atoms with E-state index in [9.17, 15) is 21.6 Å². The van der Waals surface area contributed by atoms with Gasteiger partial charge < -0.3 is 13.7 Å². The summed E-state index contributed by atoms with van der Waals surface area (Å²) >= 11 is 0. The van der Waals surface area contributed by atoms with Crippen LogP contribution < -0.4 is 4.18 Å². The third kappa shape index (κ3) is 2.51. The lowest BCUT2D eigenvalue weighted by molar-refractivity contribution is -0.0499. The Bertz CT molecular complexity index is 702.